The van der Waals surface area contributed by atoms with E-state index in [4.69, 9.17) is 16.3 Å². The van der Waals surface area contributed by atoms with Crippen LogP contribution in [0.15, 0.2) is 36.4 Å². The molecule has 1 heterocycles. The van der Waals surface area contributed by atoms with Crippen LogP contribution in [0.1, 0.15) is 25.0 Å². The van der Waals surface area contributed by atoms with E-state index in [1.165, 1.54) is 22.3 Å². The van der Waals surface area contributed by atoms with E-state index in [1.807, 2.05) is 19.2 Å². The normalized spacial score (nSPS) is 15.6. The minimum Gasteiger partial charge on any atom is -0.492 e. The van der Waals surface area contributed by atoms with Crippen molar-refractivity contribution in [3.8, 4) is 16.9 Å². The number of halogens is 1. The van der Waals surface area contributed by atoms with Gasteiger partial charge in [0, 0.05) is 22.5 Å². The predicted molar refractivity (Wildman–Crippen MR) is 88.2 cm³/mol. The molecule has 1 aliphatic rings. The summed E-state index contributed by atoms with van der Waals surface area (Å²) in [6, 6.07) is 12.5. The van der Waals surface area contributed by atoms with Crippen molar-refractivity contribution in [1.82, 2.24) is 5.32 Å². The van der Waals surface area contributed by atoms with Crippen molar-refractivity contribution in [2.24, 2.45) is 0 Å². The number of nitrogens with one attached hydrogen (secondary N) is 1. The molecule has 0 saturated heterocycles. The molecular weight excluding hydrogens is 282 g/mol. The molecular formula is C18H20ClNO. The molecule has 0 unspecified atom stereocenters. The molecule has 2 aromatic carbocycles. The topological polar surface area (TPSA) is 21.3 Å². The lowest BCUT2D eigenvalue weighted by atomic mass is 9.85. The Morgan fingerprint density at radius 1 is 1.19 bits per heavy atom. The fourth-order valence-corrected chi connectivity index (χ4v) is 3.06. The van der Waals surface area contributed by atoms with Gasteiger partial charge in [0.2, 0.25) is 0 Å². The largest absolute Gasteiger partial charge is 0.492 e. The van der Waals surface area contributed by atoms with Gasteiger partial charge in [-0.2, -0.15) is 0 Å². The first kappa shape index (κ1) is 14.4. The number of benzene rings is 2. The van der Waals surface area contributed by atoms with E-state index in [1.54, 1.807) is 0 Å². The van der Waals surface area contributed by atoms with Crippen LogP contribution in [0.4, 0.5) is 0 Å². The minimum atomic E-state index is 0.0704. The van der Waals surface area contributed by atoms with Crippen LogP contribution in [-0.2, 0) is 12.0 Å². The predicted octanol–water partition coefficient (Wildman–Crippen LogP) is 4.40. The Morgan fingerprint density at radius 2 is 2.00 bits per heavy atom. The molecule has 2 aromatic rings. The van der Waals surface area contributed by atoms with Crippen LogP contribution < -0.4 is 10.1 Å². The quantitative estimate of drug-likeness (QED) is 0.907. The maximum absolute atomic E-state index is 6.13. The second-order valence-electron chi connectivity index (χ2n) is 6.22. The first-order chi connectivity index (χ1) is 10.0. The molecule has 110 valence electrons. The van der Waals surface area contributed by atoms with E-state index < -0.39 is 0 Å². The van der Waals surface area contributed by atoms with Crippen LogP contribution in [0.3, 0.4) is 0 Å². The Kier molecular flexibility index (Phi) is 3.68. The molecule has 0 saturated carbocycles. The zero-order valence-electron chi connectivity index (χ0n) is 12.7. The molecule has 1 N–H and O–H groups in total. The van der Waals surface area contributed by atoms with Gasteiger partial charge in [0.25, 0.3) is 0 Å². The van der Waals surface area contributed by atoms with Gasteiger partial charge < -0.3 is 10.1 Å². The fourth-order valence-electron chi connectivity index (χ4n) is 2.87. The van der Waals surface area contributed by atoms with Gasteiger partial charge in [0.1, 0.15) is 5.75 Å². The molecule has 0 spiro atoms. The van der Waals surface area contributed by atoms with Crippen molar-refractivity contribution in [2.75, 3.05) is 13.7 Å². The Morgan fingerprint density at radius 3 is 2.76 bits per heavy atom. The molecule has 0 amide bonds. The monoisotopic (exact) mass is 301 g/mol. The van der Waals surface area contributed by atoms with Crippen molar-refractivity contribution >= 4 is 11.6 Å². The lowest BCUT2D eigenvalue weighted by Crippen LogP contribution is -2.18. The van der Waals surface area contributed by atoms with Crippen molar-refractivity contribution in [3.05, 3.63) is 52.5 Å². The average molecular weight is 302 g/mol. The molecule has 0 fully saturated rings. The summed E-state index contributed by atoms with van der Waals surface area (Å²) in [5, 5.41) is 3.98. The van der Waals surface area contributed by atoms with Gasteiger partial charge in [0.05, 0.1) is 6.61 Å². The number of fused-ring (bicyclic) bond motifs is 1. The highest BCUT2D eigenvalue weighted by molar-refractivity contribution is 6.30. The third-order valence-electron chi connectivity index (χ3n) is 4.04. The summed E-state index contributed by atoms with van der Waals surface area (Å²) in [5.41, 5.74) is 5.00. The molecule has 0 radical (unpaired) electrons. The molecule has 1 aliphatic heterocycles. The van der Waals surface area contributed by atoms with Crippen LogP contribution in [0.5, 0.6) is 5.75 Å². The van der Waals surface area contributed by atoms with Crippen LogP contribution in [0.25, 0.3) is 11.1 Å². The van der Waals surface area contributed by atoms with E-state index in [9.17, 15) is 0 Å². The first-order valence-corrected chi connectivity index (χ1v) is 7.60. The van der Waals surface area contributed by atoms with E-state index in [2.05, 4.69) is 43.4 Å². The number of hydrogen-bond acceptors (Lipinski definition) is 2. The summed E-state index contributed by atoms with van der Waals surface area (Å²) in [4.78, 5) is 0. The van der Waals surface area contributed by atoms with Crippen LogP contribution in [0, 0.1) is 0 Å². The Bertz CT molecular complexity index is 679. The summed E-state index contributed by atoms with van der Waals surface area (Å²) < 4.78 is 5.77. The summed E-state index contributed by atoms with van der Waals surface area (Å²) >= 11 is 6.13. The highest BCUT2D eigenvalue weighted by Gasteiger charge is 2.31. The number of hydrogen-bond donors (Lipinski definition) is 1. The van der Waals surface area contributed by atoms with Crippen molar-refractivity contribution in [2.45, 2.75) is 25.8 Å². The molecule has 3 rings (SSSR count). The number of rotatable bonds is 3. The molecule has 2 nitrogen and oxygen atoms in total. The van der Waals surface area contributed by atoms with E-state index >= 15 is 0 Å². The maximum atomic E-state index is 6.13. The van der Waals surface area contributed by atoms with Crippen LogP contribution in [0.2, 0.25) is 5.02 Å². The van der Waals surface area contributed by atoms with E-state index in [-0.39, 0.29) is 5.41 Å². The van der Waals surface area contributed by atoms with Gasteiger partial charge in [-0.3, -0.25) is 0 Å². The van der Waals surface area contributed by atoms with E-state index in [0.717, 1.165) is 23.9 Å². The first-order valence-electron chi connectivity index (χ1n) is 7.22. The Balaban J connectivity index is 2.10. The average Bonchev–Trinajstić information content (AvgIpc) is 2.75. The van der Waals surface area contributed by atoms with Crippen LogP contribution >= 0.6 is 11.6 Å². The second-order valence-corrected chi connectivity index (χ2v) is 6.65. The van der Waals surface area contributed by atoms with Gasteiger partial charge in [-0.15, -0.1) is 0 Å². The van der Waals surface area contributed by atoms with Gasteiger partial charge in [-0.05, 0) is 48.0 Å². The fraction of sp³-hybridized carbons (Fsp3) is 0.333. The SMILES string of the molecule is CNCc1cc(Cl)ccc1-c1ccc2c(c1)C(C)(C)CO2. The van der Waals surface area contributed by atoms with Gasteiger partial charge in [-0.1, -0.05) is 37.6 Å². The van der Waals surface area contributed by atoms with Crippen LogP contribution in [-0.4, -0.2) is 13.7 Å². The Hall–Kier alpha value is -1.51. The van der Waals surface area contributed by atoms with Gasteiger partial charge in [-0.25, -0.2) is 0 Å². The molecule has 0 bridgehead atoms. The third-order valence-corrected chi connectivity index (χ3v) is 4.28. The molecule has 21 heavy (non-hydrogen) atoms. The van der Waals surface area contributed by atoms with Gasteiger partial charge in [0.15, 0.2) is 0 Å². The standard InChI is InChI=1S/C18H20ClNO/c1-18(2)11-21-17-7-4-12(9-16(17)18)15-6-5-14(19)8-13(15)10-20-3/h4-9,20H,10-11H2,1-3H3. The van der Waals surface area contributed by atoms with Crippen molar-refractivity contribution in [1.29, 1.82) is 0 Å². The zero-order chi connectivity index (χ0) is 15.0. The molecule has 0 aliphatic carbocycles. The van der Waals surface area contributed by atoms with Gasteiger partial charge >= 0.3 is 0 Å². The van der Waals surface area contributed by atoms with Crippen molar-refractivity contribution < 1.29 is 4.74 Å². The summed E-state index contributed by atoms with van der Waals surface area (Å²) in [5.74, 6) is 1.01. The minimum absolute atomic E-state index is 0.0704. The smallest absolute Gasteiger partial charge is 0.123 e. The van der Waals surface area contributed by atoms with E-state index in [0.29, 0.717) is 0 Å². The summed E-state index contributed by atoms with van der Waals surface area (Å²) in [6.07, 6.45) is 0. The lowest BCUT2D eigenvalue weighted by molar-refractivity contribution is 0.291. The molecule has 0 atom stereocenters. The lowest BCUT2D eigenvalue weighted by Gasteiger charge is -2.17. The third kappa shape index (κ3) is 2.66. The molecule has 0 aromatic heterocycles. The highest BCUT2D eigenvalue weighted by Crippen LogP contribution is 2.41. The summed E-state index contributed by atoms with van der Waals surface area (Å²) in [6.45, 7) is 5.99. The molecule has 3 heteroatoms. The summed E-state index contributed by atoms with van der Waals surface area (Å²) in [7, 11) is 1.95. The zero-order valence-corrected chi connectivity index (χ0v) is 13.4. The second kappa shape index (κ2) is 5.36. The Labute approximate surface area is 131 Å². The number of ether oxygens (including phenoxy) is 1. The highest BCUT2D eigenvalue weighted by atomic mass is 35.5. The van der Waals surface area contributed by atoms with Crippen molar-refractivity contribution in [3.63, 3.8) is 0 Å². The maximum Gasteiger partial charge on any atom is 0.123 e.